The number of benzene rings is 2. The molecule has 0 aromatic heterocycles. The van der Waals surface area contributed by atoms with Crippen molar-refractivity contribution in [2.75, 3.05) is 7.11 Å². The summed E-state index contributed by atoms with van der Waals surface area (Å²) in [5, 5.41) is 0. The molecule has 0 saturated heterocycles. The maximum Gasteiger partial charge on any atom is 0.277 e. The second-order valence-electron chi connectivity index (χ2n) is 4.46. The molecule has 0 heterocycles. The molecule has 2 aromatic carbocycles. The van der Waals surface area contributed by atoms with Gasteiger partial charge in [0.15, 0.2) is 0 Å². The Hall–Kier alpha value is -2.40. The van der Waals surface area contributed by atoms with Crippen molar-refractivity contribution in [1.29, 1.82) is 0 Å². The highest BCUT2D eigenvalue weighted by Crippen LogP contribution is 2.24. The number of hydrogen-bond donors (Lipinski definition) is 1. The lowest BCUT2D eigenvalue weighted by Gasteiger charge is -2.12. The number of carbonyl (C=O) groups excluding carboxylic acids is 1. The van der Waals surface area contributed by atoms with Gasteiger partial charge >= 0.3 is 0 Å². The molecule has 2 aromatic rings. The second kappa shape index (κ2) is 6.85. The Labute approximate surface area is 122 Å². The number of nitrogens with one attached hydrogen (secondary N) is 1. The second-order valence-corrected chi connectivity index (χ2v) is 4.46. The van der Waals surface area contributed by atoms with Crippen molar-refractivity contribution in [1.82, 2.24) is 5.48 Å². The van der Waals surface area contributed by atoms with Gasteiger partial charge in [0.05, 0.1) is 12.7 Å². The van der Waals surface area contributed by atoms with Gasteiger partial charge in [-0.05, 0) is 24.6 Å². The van der Waals surface area contributed by atoms with E-state index in [9.17, 15) is 9.18 Å². The van der Waals surface area contributed by atoms with Crippen molar-refractivity contribution in [3.8, 4) is 5.75 Å². The van der Waals surface area contributed by atoms with Gasteiger partial charge in [0.2, 0.25) is 0 Å². The van der Waals surface area contributed by atoms with Gasteiger partial charge in [0, 0.05) is 5.56 Å². The zero-order valence-corrected chi connectivity index (χ0v) is 11.9. The molecule has 5 heteroatoms. The lowest BCUT2D eigenvalue weighted by atomic mass is 10.1. The van der Waals surface area contributed by atoms with E-state index in [1.165, 1.54) is 13.2 Å². The molecular formula is C16H16FNO3. The highest BCUT2D eigenvalue weighted by Gasteiger charge is 2.16. The van der Waals surface area contributed by atoms with Gasteiger partial charge in [-0.1, -0.05) is 30.3 Å². The largest absolute Gasteiger partial charge is 0.489 e. The Kier molecular flexibility index (Phi) is 4.90. The summed E-state index contributed by atoms with van der Waals surface area (Å²) >= 11 is 0. The summed E-state index contributed by atoms with van der Waals surface area (Å²) in [5.74, 6) is -0.840. The van der Waals surface area contributed by atoms with Crippen LogP contribution in [0.3, 0.4) is 0 Å². The molecule has 0 unspecified atom stereocenters. The minimum atomic E-state index is -0.632. The monoisotopic (exact) mass is 289 g/mol. The minimum Gasteiger partial charge on any atom is -0.489 e. The van der Waals surface area contributed by atoms with Crippen LogP contribution in [0, 0.1) is 12.7 Å². The van der Waals surface area contributed by atoms with Crippen molar-refractivity contribution in [3.63, 3.8) is 0 Å². The Bertz CT molecular complexity index is 629. The summed E-state index contributed by atoms with van der Waals surface area (Å²) in [5.41, 5.74) is 3.28. The van der Waals surface area contributed by atoms with Crippen LogP contribution in [0.25, 0.3) is 0 Å². The molecule has 0 saturated carbocycles. The van der Waals surface area contributed by atoms with Gasteiger partial charge < -0.3 is 4.74 Å². The van der Waals surface area contributed by atoms with E-state index >= 15 is 0 Å². The van der Waals surface area contributed by atoms with Crippen LogP contribution in [0.1, 0.15) is 21.5 Å². The van der Waals surface area contributed by atoms with Gasteiger partial charge in [-0.15, -0.1) is 0 Å². The first-order chi connectivity index (χ1) is 10.1. The average molecular weight is 289 g/mol. The fraction of sp³-hybridized carbons (Fsp3) is 0.188. The van der Waals surface area contributed by atoms with Gasteiger partial charge in [0.25, 0.3) is 5.91 Å². The minimum absolute atomic E-state index is 0.0820. The van der Waals surface area contributed by atoms with Crippen LogP contribution in [0.15, 0.2) is 42.5 Å². The topological polar surface area (TPSA) is 47.6 Å². The van der Waals surface area contributed by atoms with E-state index in [0.717, 1.165) is 5.56 Å². The number of amides is 1. The first-order valence-corrected chi connectivity index (χ1v) is 6.42. The summed E-state index contributed by atoms with van der Waals surface area (Å²) in [7, 11) is 1.29. The zero-order valence-electron chi connectivity index (χ0n) is 11.9. The van der Waals surface area contributed by atoms with E-state index in [4.69, 9.17) is 4.74 Å². The van der Waals surface area contributed by atoms with Crippen molar-refractivity contribution >= 4 is 5.91 Å². The first-order valence-electron chi connectivity index (χ1n) is 6.42. The molecule has 0 aliphatic heterocycles. The molecule has 0 atom stereocenters. The zero-order chi connectivity index (χ0) is 15.2. The van der Waals surface area contributed by atoms with E-state index < -0.39 is 11.7 Å². The molecule has 0 bridgehead atoms. The standard InChI is InChI=1S/C16H16FNO3/c1-11-14(21-10-12-6-4-3-5-7-12)9-8-13(15(11)17)16(19)18-20-2/h3-9H,10H2,1-2H3,(H,18,19). The lowest BCUT2D eigenvalue weighted by Crippen LogP contribution is -2.23. The summed E-state index contributed by atoms with van der Waals surface area (Å²) in [6.07, 6.45) is 0. The van der Waals surface area contributed by atoms with Crippen molar-refractivity contribution in [2.24, 2.45) is 0 Å². The molecule has 2 rings (SSSR count). The number of hydroxylamine groups is 1. The Morgan fingerprint density at radius 3 is 2.57 bits per heavy atom. The molecule has 21 heavy (non-hydrogen) atoms. The van der Waals surface area contributed by atoms with Crippen LogP contribution in [-0.4, -0.2) is 13.0 Å². The number of carbonyl (C=O) groups is 1. The smallest absolute Gasteiger partial charge is 0.277 e. The molecule has 0 aliphatic carbocycles. The van der Waals surface area contributed by atoms with Crippen molar-refractivity contribution < 1.29 is 18.8 Å². The quantitative estimate of drug-likeness (QED) is 0.861. The number of rotatable bonds is 5. The fourth-order valence-electron chi connectivity index (χ4n) is 1.88. The van der Waals surface area contributed by atoms with Crippen molar-refractivity contribution in [2.45, 2.75) is 13.5 Å². The fourth-order valence-corrected chi connectivity index (χ4v) is 1.88. The van der Waals surface area contributed by atoms with E-state index in [-0.39, 0.29) is 11.1 Å². The molecule has 1 N–H and O–H groups in total. The lowest BCUT2D eigenvalue weighted by molar-refractivity contribution is 0.0533. The Balaban J connectivity index is 2.15. The summed E-state index contributed by atoms with van der Waals surface area (Å²) in [6, 6.07) is 12.5. The Morgan fingerprint density at radius 1 is 1.19 bits per heavy atom. The van der Waals surface area contributed by atoms with Crippen LogP contribution in [0.2, 0.25) is 0 Å². The molecule has 0 aliphatic rings. The maximum atomic E-state index is 14.2. The molecular weight excluding hydrogens is 273 g/mol. The number of hydrogen-bond acceptors (Lipinski definition) is 3. The first kappa shape index (κ1) is 15.0. The van der Waals surface area contributed by atoms with E-state index in [0.29, 0.717) is 12.4 Å². The summed E-state index contributed by atoms with van der Waals surface area (Å²) < 4.78 is 19.8. The van der Waals surface area contributed by atoms with Gasteiger partial charge in [-0.3, -0.25) is 9.63 Å². The third kappa shape index (κ3) is 3.58. The Morgan fingerprint density at radius 2 is 1.90 bits per heavy atom. The third-order valence-corrected chi connectivity index (χ3v) is 3.01. The van der Waals surface area contributed by atoms with Gasteiger partial charge in [0.1, 0.15) is 18.2 Å². The van der Waals surface area contributed by atoms with E-state index in [1.807, 2.05) is 30.3 Å². The SMILES string of the molecule is CONC(=O)c1ccc(OCc2ccccc2)c(C)c1F. The maximum absolute atomic E-state index is 14.2. The van der Waals surface area contributed by atoms with E-state index in [1.54, 1.807) is 13.0 Å². The summed E-state index contributed by atoms with van der Waals surface area (Å²) in [6.45, 7) is 1.91. The molecule has 4 nitrogen and oxygen atoms in total. The molecule has 0 fully saturated rings. The normalized spacial score (nSPS) is 10.2. The molecule has 0 spiro atoms. The van der Waals surface area contributed by atoms with Gasteiger partial charge in [-0.25, -0.2) is 9.87 Å². The van der Waals surface area contributed by atoms with Crippen molar-refractivity contribution in [3.05, 3.63) is 65.0 Å². The summed E-state index contributed by atoms with van der Waals surface area (Å²) in [4.78, 5) is 16.1. The average Bonchev–Trinajstić information content (AvgIpc) is 2.50. The van der Waals surface area contributed by atoms with E-state index in [2.05, 4.69) is 10.3 Å². The third-order valence-electron chi connectivity index (χ3n) is 3.01. The number of halogens is 1. The highest BCUT2D eigenvalue weighted by molar-refractivity contribution is 5.94. The van der Waals surface area contributed by atoms with Crippen LogP contribution in [-0.2, 0) is 11.4 Å². The van der Waals surface area contributed by atoms with Crippen LogP contribution in [0.4, 0.5) is 4.39 Å². The van der Waals surface area contributed by atoms with Crippen LogP contribution < -0.4 is 10.2 Å². The number of ether oxygens (including phenoxy) is 1. The highest BCUT2D eigenvalue weighted by atomic mass is 19.1. The van der Waals surface area contributed by atoms with Crippen LogP contribution in [0.5, 0.6) is 5.75 Å². The molecule has 110 valence electrons. The predicted molar refractivity (Wildman–Crippen MR) is 76.4 cm³/mol. The molecule has 1 amide bonds. The van der Waals surface area contributed by atoms with Gasteiger partial charge in [-0.2, -0.15) is 0 Å². The predicted octanol–water partition coefficient (Wildman–Crippen LogP) is 3.00. The van der Waals surface area contributed by atoms with Crippen LogP contribution >= 0.6 is 0 Å². The molecule has 0 radical (unpaired) electrons.